The van der Waals surface area contributed by atoms with Crippen molar-refractivity contribution in [1.29, 1.82) is 0 Å². The fraction of sp³-hybridized carbons (Fsp3) is 0.929. The Balaban J connectivity index is 1.83. The molecule has 1 amide bonds. The molecule has 0 aromatic carbocycles. The number of hydrogen-bond acceptors (Lipinski definition) is 2. The standard InChI is InChI=1S/C14H26N2O/c1-13(2)6-5-7-15-11(13)12(17)16-9-10-8-14(10,3)4/h10-11,15H,5-9H2,1-4H3,(H,16,17). The highest BCUT2D eigenvalue weighted by Crippen LogP contribution is 2.51. The second-order valence-corrected chi connectivity index (χ2v) is 7.11. The van der Waals surface area contributed by atoms with Gasteiger partial charge < -0.3 is 10.6 Å². The summed E-state index contributed by atoms with van der Waals surface area (Å²) in [7, 11) is 0. The molecule has 17 heavy (non-hydrogen) atoms. The highest BCUT2D eigenvalue weighted by Gasteiger charge is 2.46. The molecule has 0 bridgehead atoms. The summed E-state index contributed by atoms with van der Waals surface area (Å²) in [6, 6.07) is -0.0156. The minimum absolute atomic E-state index is 0.0156. The van der Waals surface area contributed by atoms with E-state index in [1.54, 1.807) is 0 Å². The highest BCUT2D eigenvalue weighted by molar-refractivity contribution is 5.82. The van der Waals surface area contributed by atoms with Crippen LogP contribution in [-0.2, 0) is 4.79 Å². The molecule has 0 spiro atoms. The van der Waals surface area contributed by atoms with Crippen LogP contribution in [0.1, 0.15) is 47.0 Å². The summed E-state index contributed by atoms with van der Waals surface area (Å²) in [6.45, 7) is 10.7. The van der Waals surface area contributed by atoms with Gasteiger partial charge in [-0.15, -0.1) is 0 Å². The van der Waals surface area contributed by atoms with Gasteiger partial charge in [0, 0.05) is 6.54 Å². The summed E-state index contributed by atoms with van der Waals surface area (Å²) in [5.74, 6) is 0.871. The first-order valence-electron chi connectivity index (χ1n) is 6.84. The van der Waals surface area contributed by atoms with E-state index in [1.807, 2.05) is 0 Å². The van der Waals surface area contributed by atoms with Gasteiger partial charge in [0.1, 0.15) is 0 Å². The topological polar surface area (TPSA) is 41.1 Å². The zero-order chi connectivity index (χ0) is 12.7. The lowest BCUT2D eigenvalue weighted by atomic mass is 9.77. The molecule has 2 fully saturated rings. The maximum absolute atomic E-state index is 12.2. The normalized spacial score (nSPS) is 34.1. The third kappa shape index (κ3) is 2.82. The fourth-order valence-electron chi connectivity index (χ4n) is 2.91. The first-order valence-corrected chi connectivity index (χ1v) is 6.84. The second-order valence-electron chi connectivity index (χ2n) is 7.11. The molecule has 0 aromatic heterocycles. The van der Waals surface area contributed by atoms with Gasteiger partial charge in [-0.2, -0.15) is 0 Å². The van der Waals surface area contributed by atoms with Gasteiger partial charge >= 0.3 is 0 Å². The molecule has 1 heterocycles. The predicted octanol–water partition coefficient (Wildman–Crippen LogP) is 1.93. The van der Waals surface area contributed by atoms with Crippen LogP contribution in [0.15, 0.2) is 0 Å². The van der Waals surface area contributed by atoms with Crippen LogP contribution >= 0.6 is 0 Å². The van der Waals surface area contributed by atoms with E-state index < -0.39 is 0 Å². The van der Waals surface area contributed by atoms with Crippen LogP contribution in [0.3, 0.4) is 0 Å². The Labute approximate surface area is 105 Å². The minimum atomic E-state index is -0.0156. The lowest BCUT2D eigenvalue weighted by Gasteiger charge is -2.38. The first-order chi connectivity index (χ1) is 7.83. The summed E-state index contributed by atoms with van der Waals surface area (Å²) in [6.07, 6.45) is 3.55. The average Bonchev–Trinajstić information content (AvgIpc) is 2.82. The predicted molar refractivity (Wildman–Crippen MR) is 69.7 cm³/mol. The smallest absolute Gasteiger partial charge is 0.237 e. The Morgan fingerprint density at radius 1 is 1.29 bits per heavy atom. The Morgan fingerprint density at radius 2 is 1.94 bits per heavy atom. The molecular formula is C14H26N2O. The van der Waals surface area contributed by atoms with E-state index in [9.17, 15) is 4.79 Å². The first kappa shape index (κ1) is 12.9. The molecule has 2 unspecified atom stereocenters. The molecule has 0 radical (unpaired) electrons. The Hall–Kier alpha value is -0.570. The molecule has 1 saturated heterocycles. The summed E-state index contributed by atoms with van der Waals surface area (Å²) >= 11 is 0. The molecule has 1 saturated carbocycles. The van der Waals surface area contributed by atoms with E-state index in [2.05, 4.69) is 38.3 Å². The zero-order valence-electron chi connectivity index (χ0n) is 11.6. The molecule has 1 aliphatic carbocycles. The second kappa shape index (κ2) is 4.27. The largest absolute Gasteiger partial charge is 0.354 e. The highest BCUT2D eigenvalue weighted by atomic mass is 16.2. The molecule has 3 nitrogen and oxygen atoms in total. The molecule has 0 aromatic rings. The van der Waals surface area contributed by atoms with Crippen LogP contribution in [0.25, 0.3) is 0 Å². The zero-order valence-corrected chi connectivity index (χ0v) is 11.6. The molecule has 2 N–H and O–H groups in total. The molecule has 1 aliphatic heterocycles. The molecular weight excluding hydrogens is 212 g/mol. The van der Waals surface area contributed by atoms with Crippen molar-refractivity contribution in [3.05, 3.63) is 0 Å². The summed E-state index contributed by atoms with van der Waals surface area (Å²) in [5.41, 5.74) is 0.532. The van der Waals surface area contributed by atoms with Gasteiger partial charge in [0.25, 0.3) is 0 Å². The number of carbonyl (C=O) groups excluding carboxylic acids is 1. The van der Waals surface area contributed by atoms with Gasteiger partial charge in [-0.25, -0.2) is 0 Å². The van der Waals surface area contributed by atoms with E-state index in [0.717, 1.165) is 19.5 Å². The van der Waals surface area contributed by atoms with Gasteiger partial charge in [0.2, 0.25) is 5.91 Å². The van der Waals surface area contributed by atoms with Crippen molar-refractivity contribution >= 4 is 5.91 Å². The quantitative estimate of drug-likeness (QED) is 0.789. The maximum Gasteiger partial charge on any atom is 0.237 e. The minimum Gasteiger partial charge on any atom is -0.354 e. The van der Waals surface area contributed by atoms with Crippen LogP contribution in [0, 0.1) is 16.7 Å². The van der Waals surface area contributed by atoms with Crippen LogP contribution in [-0.4, -0.2) is 25.0 Å². The number of hydrogen-bond donors (Lipinski definition) is 2. The van der Waals surface area contributed by atoms with Crippen molar-refractivity contribution in [3.63, 3.8) is 0 Å². The lowest BCUT2D eigenvalue weighted by Crippen LogP contribution is -2.55. The van der Waals surface area contributed by atoms with E-state index in [1.165, 1.54) is 12.8 Å². The van der Waals surface area contributed by atoms with E-state index >= 15 is 0 Å². The summed E-state index contributed by atoms with van der Waals surface area (Å²) < 4.78 is 0. The van der Waals surface area contributed by atoms with Crippen LogP contribution in [0.5, 0.6) is 0 Å². The Kier molecular flexibility index (Phi) is 3.23. The summed E-state index contributed by atoms with van der Waals surface area (Å²) in [4.78, 5) is 12.2. The molecule has 2 aliphatic rings. The van der Waals surface area contributed by atoms with Gasteiger partial charge in [0.15, 0.2) is 0 Å². The number of amides is 1. The molecule has 98 valence electrons. The SMILES string of the molecule is CC1(C)CC1CNC(=O)C1NCCCC1(C)C. The average molecular weight is 238 g/mol. The Bertz CT molecular complexity index is 309. The van der Waals surface area contributed by atoms with Crippen LogP contribution in [0.4, 0.5) is 0 Å². The van der Waals surface area contributed by atoms with Crippen molar-refractivity contribution < 1.29 is 4.79 Å². The van der Waals surface area contributed by atoms with E-state index in [4.69, 9.17) is 0 Å². The van der Waals surface area contributed by atoms with Gasteiger partial charge in [0.05, 0.1) is 6.04 Å². The maximum atomic E-state index is 12.2. The lowest BCUT2D eigenvalue weighted by molar-refractivity contribution is -0.126. The number of nitrogens with one attached hydrogen (secondary N) is 2. The van der Waals surface area contributed by atoms with Crippen LogP contribution in [0.2, 0.25) is 0 Å². The fourth-order valence-corrected chi connectivity index (χ4v) is 2.91. The molecule has 2 atom stereocenters. The number of carbonyl (C=O) groups is 1. The monoisotopic (exact) mass is 238 g/mol. The van der Waals surface area contributed by atoms with Crippen molar-refractivity contribution in [2.45, 2.75) is 53.0 Å². The van der Waals surface area contributed by atoms with Crippen molar-refractivity contribution in [1.82, 2.24) is 10.6 Å². The van der Waals surface area contributed by atoms with Crippen LogP contribution < -0.4 is 10.6 Å². The van der Waals surface area contributed by atoms with Gasteiger partial charge in [-0.3, -0.25) is 4.79 Å². The Morgan fingerprint density at radius 3 is 2.47 bits per heavy atom. The number of piperidine rings is 1. The third-order valence-electron chi connectivity index (χ3n) is 4.63. The number of rotatable bonds is 3. The molecule has 2 rings (SSSR count). The van der Waals surface area contributed by atoms with Gasteiger partial charge in [-0.05, 0) is 42.6 Å². The van der Waals surface area contributed by atoms with Crippen molar-refractivity contribution in [2.24, 2.45) is 16.7 Å². The third-order valence-corrected chi connectivity index (χ3v) is 4.63. The molecule has 3 heteroatoms. The van der Waals surface area contributed by atoms with E-state index in [-0.39, 0.29) is 17.4 Å². The van der Waals surface area contributed by atoms with Crippen molar-refractivity contribution in [2.75, 3.05) is 13.1 Å². The summed E-state index contributed by atoms with van der Waals surface area (Å²) in [5, 5.41) is 6.49. The van der Waals surface area contributed by atoms with Crippen molar-refractivity contribution in [3.8, 4) is 0 Å². The van der Waals surface area contributed by atoms with Gasteiger partial charge in [-0.1, -0.05) is 27.7 Å². The van der Waals surface area contributed by atoms with E-state index in [0.29, 0.717) is 11.3 Å².